The molecule has 2 fully saturated rings. The van der Waals surface area contributed by atoms with Crippen LogP contribution in [0.3, 0.4) is 0 Å². The zero-order chi connectivity index (χ0) is 23.7. The largest absolute Gasteiger partial charge is 0.497 e. The second-order valence-corrected chi connectivity index (χ2v) is 9.21. The third-order valence-corrected chi connectivity index (χ3v) is 7.39. The third-order valence-electron chi connectivity index (χ3n) is 7.39. The first-order chi connectivity index (χ1) is 16.6. The Hall–Kier alpha value is -3.38. The summed E-state index contributed by atoms with van der Waals surface area (Å²) in [7, 11) is 1.67. The van der Waals surface area contributed by atoms with E-state index in [1.165, 1.54) is 10.5 Å². The fourth-order valence-corrected chi connectivity index (χ4v) is 5.51. The number of carbonyl (C=O) groups is 2. The lowest BCUT2D eigenvalue weighted by atomic mass is 9.85. The van der Waals surface area contributed by atoms with Crippen LogP contribution in [0.5, 0.6) is 5.75 Å². The van der Waals surface area contributed by atoms with E-state index in [0.717, 1.165) is 41.7 Å². The van der Waals surface area contributed by atoms with Gasteiger partial charge in [0, 0.05) is 26.2 Å². The number of ether oxygens (including phenoxy) is 1. The average Bonchev–Trinajstić information content (AvgIpc) is 3.06. The molecule has 3 amide bonds. The van der Waals surface area contributed by atoms with Gasteiger partial charge in [0.15, 0.2) is 0 Å². The molecule has 0 saturated carbocycles. The minimum atomic E-state index is -0.729. The molecule has 34 heavy (non-hydrogen) atoms. The van der Waals surface area contributed by atoms with Gasteiger partial charge in [0.25, 0.3) is 5.91 Å². The van der Waals surface area contributed by atoms with Crippen LogP contribution in [0.15, 0.2) is 66.7 Å². The Labute approximate surface area is 200 Å². The second kappa shape index (κ2) is 9.11. The van der Waals surface area contributed by atoms with Crippen molar-refractivity contribution in [1.82, 2.24) is 14.7 Å². The van der Waals surface area contributed by atoms with Crippen molar-refractivity contribution < 1.29 is 14.3 Å². The van der Waals surface area contributed by atoms with Gasteiger partial charge in [-0.05, 0) is 53.8 Å². The van der Waals surface area contributed by atoms with Gasteiger partial charge in [-0.25, -0.2) is 4.79 Å². The van der Waals surface area contributed by atoms with Crippen LogP contribution >= 0.6 is 0 Å². The number of benzene rings is 3. The molecule has 2 heterocycles. The predicted molar refractivity (Wildman–Crippen MR) is 133 cm³/mol. The summed E-state index contributed by atoms with van der Waals surface area (Å²) in [6, 6.07) is 22.1. The standard InChI is InChI=1S/C28H31N3O3/c1-3-31-27(33)30(20-23-9-6-8-22-7-4-5-10-25(22)23)26(32)28(31)15-17-29(18-16-28)19-21-11-13-24(34-2)14-12-21/h4-14H,3,15-20H2,1-2H3. The summed E-state index contributed by atoms with van der Waals surface area (Å²) >= 11 is 0. The van der Waals surface area contributed by atoms with Crippen molar-refractivity contribution in [2.24, 2.45) is 0 Å². The highest BCUT2D eigenvalue weighted by molar-refractivity contribution is 6.07. The van der Waals surface area contributed by atoms with E-state index in [2.05, 4.69) is 35.2 Å². The highest BCUT2D eigenvalue weighted by atomic mass is 16.5. The molecule has 0 bridgehead atoms. The molecule has 0 atom stereocenters. The van der Waals surface area contributed by atoms with E-state index in [9.17, 15) is 9.59 Å². The van der Waals surface area contributed by atoms with E-state index in [1.807, 2.05) is 48.2 Å². The van der Waals surface area contributed by atoms with Gasteiger partial charge in [-0.1, -0.05) is 54.6 Å². The van der Waals surface area contributed by atoms with Crippen molar-refractivity contribution in [1.29, 1.82) is 0 Å². The number of imide groups is 1. The summed E-state index contributed by atoms with van der Waals surface area (Å²) in [6.07, 6.45) is 1.32. The van der Waals surface area contributed by atoms with Gasteiger partial charge >= 0.3 is 6.03 Å². The van der Waals surface area contributed by atoms with Crippen LogP contribution in [-0.4, -0.2) is 58.9 Å². The van der Waals surface area contributed by atoms with Crippen LogP contribution < -0.4 is 4.74 Å². The Balaban J connectivity index is 1.33. The van der Waals surface area contributed by atoms with Gasteiger partial charge < -0.3 is 9.64 Å². The van der Waals surface area contributed by atoms with Gasteiger partial charge in [0.05, 0.1) is 13.7 Å². The van der Waals surface area contributed by atoms with E-state index in [1.54, 1.807) is 7.11 Å². The molecule has 3 aromatic carbocycles. The minimum Gasteiger partial charge on any atom is -0.497 e. The fraction of sp³-hybridized carbons (Fsp3) is 0.357. The van der Waals surface area contributed by atoms with Crippen molar-refractivity contribution in [3.63, 3.8) is 0 Å². The van der Waals surface area contributed by atoms with E-state index in [0.29, 0.717) is 25.9 Å². The second-order valence-electron chi connectivity index (χ2n) is 9.21. The molecule has 0 unspecified atom stereocenters. The maximum atomic E-state index is 13.8. The predicted octanol–water partition coefficient (Wildman–Crippen LogP) is 4.67. The Bertz CT molecular complexity index is 1190. The first-order valence-corrected chi connectivity index (χ1v) is 12.0. The summed E-state index contributed by atoms with van der Waals surface area (Å²) in [5, 5.41) is 2.21. The number of piperidine rings is 1. The van der Waals surface area contributed by atoms with Crippen LogP contribution in [0.4, 0.5) is 4.79 Å². The topological polar surface area (TPSA) is 53.1 Å². The molecule has 2 aliphatic heterocycles. The minimum absolute atomic E-state index is 0.0450. The summed E-state index contributed by atoms with van der Waals surface area (Å²) < 4.78 is 5.25. The molecule has 6 nitrogen and oxygen atoms in total. The third kappa shape index (κ3) is 3.82. The van der Waals surface area contributed by atoms with Gasteiger partial charge in [0.2, 0.25) is 0 Å². The normalized spacial score (nSPS) is 18.3. The quantitative estimate of drug-likeness (QED) is 0.505. The summed E-state index contributed by atoms with van der Waals surface area (Å²) in [5.41, 5.74) is 1.49. The number of amides is 3. The number of methoxy groups -OCH3 is 1. The van der Waals surface area contributed by atoms with Crippen molar-refractivity contribution in [2.75, 3.05) is 26.7 Å². The molecular formula is C28H31N3O3. The van der Waals surface area contributed by atoms with E-state index >= 15 is 0 Å². The van der Waals surface area contributed by atoms with Gasteiger partial charge in [-0.2, -0.15) is 0 Å². The van der Waals surface area contributed by atoms with E-state index in [4.69, 9.17) is 4.74 Å². The van der Waals surface area contributed by atoms with Crippen molar-refractivity contribution in [2.45, 2.75) is 38.4 Å². The van der Waals surface area contributed by atoms with Crippen LogP contribution in [0.1, 0.15) is 30.9 Å². The SMILES string of the molecule is CCN1C(=O)N(Cc2cccc3ccccc23)C(=O)C12CCN(Cc1ccc(OC)cc1)CC2. The number of carbonyl (C=O) groups excluding carboxylic acids is 2. The van der Waals surface area contributed by atoms with E-state index < -0.39 is 5.54 Å². The van der Waals surface area contributed by atoms with E-state index in [-0.39, 0.29) is 11.9 Å². The number of likely N-dealkylation sites (tertiary alicyclic amines) is 1. The zero-order valence-corrected chi connectivity index (χ0v) is 19.9. The Morgan fingerprint density at radius 3 is 2.29 bits per heavy atom. The molecule has 1 spiro atoms. The molecule has 2 aliphatic rings. The van der Waals surface area contributed by atoms with Crippen LogP contribution in [0, 0.1) is 0 Å². The average molecular weight is 458 g/mol. The lowest BCUT2D eigenvalue weighted by molar-refractivity contribution is -0.136. The summed E-state index contributed by atoms with van der Waals surface area (Å²) in [5.74, 6) is 0.803. The fourth-order valence-electron chi connectivity index (χ4n) is 5.51. The first kappa shape index (κ1) is 22.4. The number of rotatable bonds is 6. The number of nitrogens with zero attached hydrogens (tertiary/aromatic N) is 3. The lowest BCUT2D eigenvalue weighted by Crippen LogP contribution is -2.56. The molecule has 176 valence electrons. The van der Waals surface area contributed by atoms with Crippen LogP contribution in [0.2, 0.25) is 0 Å². The monoisotopic (exact) mass is 457 g/mol. The number of urea groups is 1. The Morgan fingerprint density at radius 1 is 0.882 bits per heavy atom. The number of fused-ring (bicyclic) bond motifs is 1. The number of likely N-dealkylation sites (N-methyl/N-ethyl adjacent to an activating group) is 1. The highest BCUT2D eigenvalue weighted by Gasteiger charge is 2.57. The van der Waals surface area contributed by atoms with Crippen LogP contribution in [-0.2, 0) is 17.9 Å². The summed E-state index contributed by atoms with van der Waals surface area (Å²) in [4.78, 5) is 32.8. The van der Waals surface area contributed by atoms with Crippen molar-refractivity contribution in [3.05, 3.63) is 77.9 Å². The van der Waals surface area contributed by atoms with Gasteiger partial charge in [-0.3, -0.25) is 14.6 Å². The first-order valence-electron chi connectivity index (χ1n) is 12.0. The molecule has 0 radical (unpaired) electrons. The smallest absolute Gasteiger partial charge is 0.327 e. The Kier molecular flexibility index (Phi) is 6.00. The number of hydrogen-bond acceptors (Lipinski definition) is 4. The molecule has 0 aromatic heterocycles. The van der Waals surface area contributed by atoms with Crippen molar-refractivity contribution >= 4 is 22.7 Å². The molecule has 0 N–H and O–H groups in total. The summed E-state index contributed by atoms with van der Waals surface area (Å²) in [6.45, 7) is 5.21. The van der Waals surface area contributed by atoms with Crippen molar-refractivity contribution in [3.8, 4) is 5.75 Å². The maximum Gasteiger partial charge on any atom is 0.327 e. The molecule has 3 aromatic rings. The highest BCUT2D eigenvalue weighted by Crippen LogP contribution is 2.38. The number of hydrogen-bond donors (Lipinski definition) is 0. The molecular weight excluding hydrogens is 426 g/mol. The Morgan fingerprint density at radius 2 is 1.59 bits per heavy atom. The molecule has 2 saturated heterocycles. The van der Waals surface area contributed by atoms with Gasteiger partial charge in [0.1, 0.15) is 11.3 Å². The molecule has 0 aliphatic carbocycles. The maximum absolute atomic E-state index is 13.8. The van der Waals surface area contributed by atoms with Gasteiger partial charge in [-0.15, -0.1) is 0 Å². The van der Waals surface area contributed by atoms with Crippen LogP contribution in [0.25, 0.3) is 10.8 Å². The lowest BCUT2D eigenvalue weighted by Gasteiger charge is -2.42. The zero-order valence-electron chi connectivity index (χ0n) is 19.9. The molecule has 6 heteroatoms. The molecule has 5 rings (SSSR count).